The molecule has 0 fully saturated rings. The smallest absolute Gasteiger partial charge is 0.129 e. The normalized spacial score (nSPS) is 10.5. The second kappa shape index (κ2) is 5.47. The van der Waals surface area contributed by atoms with Crippen molar-refractivity contribution in [1.29, 1.82) is 0 Å². The Kier molecular flexibility index (Phi) is 3.97. The number of halogens is 1. The van der Waals surface area contributed by atoms with Crippen molar-refractivity contribution in [2.24, 2.45) is 0 Å². The molecule has 0 atom stereocenters. The molecule has 0 aliphatic carbocycles. The first-order valence-corrected chi connectivity index (χ1v) is 6.78. The van der Waals surface area contributed by atoms with E-state index < -0.39 is 0 Å². The summed E-state index contributed by atoms with van der Waals surface area (Å²) in [4.78, 5) is 10.9. The predicted molar refractivity (Wildman–Crippen MR) is 72.8 cm³/mol. The molecular weight excluding hydrogens is 254 g/mol. The molecule has 0 unspecified atom stereocenters. The summed E-state index contributed by atoms with van der Waals surface area (Å²) in [6.45, 7) is 2.75. The molecule has 0 aliphatic rings. The monoisotopic (exact) mass is 267 g/mol. The quantitative estimate of drug-likeness (QED) is 0.797. The van der Waals surface area contributed by atoms with Gasteiger partial charge in [0.15, 0.2) is 0 Å². The minimum absolute atomic E-state index is 0.515. The number of nitrogens with zero attached hydrogens (tertiary/aromatic N) is 3. The number of aryl methyl sites for hydroxylation is 1. The fourth-order valence-corrected chi connectivity index (χ4v) is 2.34. The Labute approximate surface area is 110 Å². The third-order valence-electron chi connectivity index (χ3n) is 2.43. The van der Waals surface area contributed by atoms with Gasteiger partial charge in [0.05, 0.1) is 17.7 Å². The van der Waals surface area contributed by atoms with Gasteiger partial charge in [0.2, 0.25) is 0 Å². The maximum atomic E-state index is 5.86. The van der Waals surface area contributed by atoms with Crippen LogP contribution in [0.4, 0.5) is 5.82 Å². The van der Waals surface area contributed by atoms with E-state index in [9.17, 15) is 0 Å². The number of anilines is 1. The lowest BCUT2D eigenvalue weighted by Crippen LogP contribution is -2.18. The van der Waals surface area contributed by atoms with Crippen molar-refractivity contribution in [2.75, 3.05) is 11.9 Å². The van der Waals surface area contributed by atoms with Crippen LogP contribution >= 0.6 is 22.9 Å². The maximum Gasteiger partial charge on any atom is 0.129 e. The fourth-order valence-electron chi connectivity index (χ4n) is 1.63. The summed E-state index contributed by atoms with van der Waals surface area (Å²) in [6.07, 6.45) is 0. The van der Waals surface area contributed by atoms with E-state index >= 15 is 0 Å². The zero-order valence-electron chi connectivity index (χ0n) is 9.85. The number of alkyl halides is 1. The topological polar surface area (TPSA) is 29.0 Å². The highest BCUT2D eigenvalue weighted by atomic mass is 35.5. The first-order chi connectivity index (χ1) is 8.19. The Bertz CT molecular complexity index is 485. The third kappa shape index (κ3) is 3.17. The molecule has 2 aromatic rings. The van der Waals surface area contributed by atoms with Crippen molar-refractivity contribution in [3.8, 4) is 0 Å². The number of thiazole rings is 1. The van der Waals surface area contributed by atoms with Crippen molar-refractivity contribution >= 4 is 28.8 Å². The van der Waals surface area contributed by atoms with Gasteiger partial charge in [0.1, 0.15) is 5.82 Å². The van der Waals surface area contributed by atoms with Crippen molar-refractivity contribution in [3.05, 3.63) is 40.0 Å². The van der Waals surface area contributed by atoms with Gasteiger partial charge in [-0.25, -0.2) is 9.97 Å². The molecule has 0 radical (unpaired) electrons. The average molecular weight is 268 g/mol. The Morgan fingerprint density at radius 1 is 1.41 bits per heavy atom. The summed E-state index contributed by atoms with van der Waals surface area (Å²) in [5.41, 5.74) is 4.99. The Balaban J connectivity index is 2.18. The highest BCUT2D eigenvalue weighted by Crippen LogP contribution is 2.17. The molecule has 2 aromatic heterocycles. The number of hydrogen-bond donors (Lipinski definition) is 0. The molecule has 0 saturated carbocycles. The second-order valence-corrected chi connectivity index (χ2v) is 4.93. The van der Waals surface area contributed by atoms with Gasteiger partial charge >= 0.3 is 0 Å². The summed E-state index contributed by atoms with van der Waals surface area (Å²) in [5.74, 6) is 1.45. The molecule has 90 valence electrons. The van der Waals surface area contributed by atoms with Crippen LogP contribution in [0.1, 0.15) is 17.0 Å². The zero-order chi connectivity index (χ0) is 12.3. The predicted octanol–water partition coefficient (Wildman–Crippen LogP) is 3.22. The van der Waals surface area contributed by atoms with Crippen molar-refractivity contribution in [1.82, 2.24) is 9.97 Å². The molecule has 3 nitrogen and oxygen atoms in total. The van der Waals surface area contributed by atoms with Crippen LogP contribution in [0.2, 0.25) is 0 Å². The SMILES string of the molecule is Cc1cc(CCl)cc(N(C)Cc2cscn2)n1. The molecule has 5 heteroatoms. The number of pyridine rings is 1. The van der Waals surface area contributed by atoms with Gasteiger partial charge in [-0.05, 0) is 24.6 Å². The van der Waals surface area contributed by atoms with Gasteiger partial charge < -0.3 is 4.90 Å². The Morgan fingerprint density at radius 3 is 2.88 bits per heavy atom. The van der Waals surface area contributed by atoms with Crippen molar-refractivity contribution in [3.63, 3.8) is 0 Å². The molecule has 0 aliphatic heterocycles. The molecular formula is C12H14ClN3S. The minimum Gasteiger partial charge on any atom is -0.354 e. The van der Waals surface area contributed by atoms with Crippen LogP contribution in [-0.2, 0) is 12.4 Å². The Hall–Kier alpha value is -1.13. The van der Waals surface area contributed by atoms with Gasteiger partial charge in [-0.15, -0.1) is 22.9 Å². The van der Waals surface area contributed by atoms with Crippen molar-refractivity contribution in [2.45, 2.75) is 19.3 Å². The van der Waals surface area contributed by atoms with Gasteiger partial charge in [-0.1, -0.05) is 0 Å². The van der Waals surface area contributed by atoms with Gasteiger partial charge in [-0.3, -0.25) is 0 Å². The summed E-state index contributed by atoms with van der Waals surface area (Å²) in [5, 5.41) is 2.05. The van der Waals surface area contributed by atoms with Crippen LogP contribution in [0.5, 0.6) is 0 Å². The van der Waals surface area contributed by atoms with Crippen molar-refractivity contribution < 1.29 is 0 Å². The summed E-state index contributed by atoms with van der Waals surface area (Å²) in [7, 11) is 2.01. The lowest BCUT2D eigenvalue weighted by atomic mass is 10.2. The molecule has 0 amide bonds. The summed E-state index contributed by atoms with van der Waals surface area (Å²) < 4.78 is 0. The Morgan fingerprint density at radius 2 is 2.24 bits per heavy atom. The largest absolute Gasteiger partial charge is 0.354 e. The molecule has 2 heterocycles. The zero-order valence-corrected chi connectivity index (χ0v) is 11.4. The number of aromatic nitrogens is 2. The van der Waals surface area contributed by atoms with E-state index in [1.807, 2.05) is 31.6 Å². The second-order valence-electron chi connectivity index (χ2n) is 3.94. The molecule has 17 heavy (non-hydrogen) atoms. The van der Waals surface area contributed by atoms with E-state index in [1.54, 1.807) is 11.3 Å². The molecule has 0 bridgehead atoms. The third-order valence-corrected chi connectivity index (χ3v) is 3.37. The average Bonchev–Trinajstić information content (AvgIpc) is 2.81. The van der Waals surface area contributed by atoms with E-state index in [0.717, 1.165) is 29.3 Å². The maximum absolute atomic E-state index is 5.86. The van der Waals surface area contributed by atoms with Crippen LogP contribution in [0.3, 0.4) is 0 Å². The van der Waals surface area contributed by atoms with E-state index in [1.165, 1.54) is 0 Å². The molecule has 2 rings (SSSR count). The van der Waals surface area contributed by atoms with Crippen LogP contribution in [0.25, 0.3) is 0 Å². The standard InChI is InChI=1S/C12H14ClN3S/c1-9-3-10(5-13)4-12(15-9)16(2)6-11-7-17-8-14-11/h3-4,7-8H,5-6H2,1-2H3. The molecule has 0 N–H and O–H groups in total. The lowest BCUT2D eigenvalue weighted by molar-refractivity contribution is 0.868. The minimum atomic E-state index is 0.515. The van der Waals surface area contributed by atoms with E-state index in [4.69, 9.17) is 11.6 Å². The van der Waals surface area contributed by atoms with Crippen LogP contribution in [0, 0.1) is 6.92 Å². The van der Waals surface area contributed by atoms with Crippen LogP contribution in [0.15, 0.2) is 23.0 Å². The van der Waals surface area contributed by atoms with Gasteiger partial charge in [0.25, 0.3) is 0 Å². The molecule has 0 spiro atoms. The molecule has 0 aromatic carbocycles. The van der Waals surface area contributed by atoms with E-state index in [0.29, 0.717) is 5.88 Å². The first-order valence-electron chi connectivity index (χ1n) is 5.31. The molecule has 0 saturated heterocycles. The van der Waals surface area contributed by atoms with E-state index in [2.05, 4.69) is 20.2 Å². The summed E-state index contributed by atoms with van der Waals surface area (Å²) in [6, 6.07) is 4.03. The van der Waals surface area contributed by atoms with Crippen LogP contribution in [-0.4, -0.2) is 17.0 Å². The highest BCUT2D eigenvalue weighted by Gasteiger charge is 2.07. The number of hydrogen-bond acceptors (Lipinski definition) is 4. The first kappa shape index (κ1) is 12.3. The lowest BCUT2D eigenvalue weighted by Gasteiger charge is -2.18. The summed E-state index contributed by atoms with van der Waals surface area (Å²) >= 11 is 7.47. The van der Waals surface area contributed by atoms with Gasteiger partial charge in [0, 0.05) is 24.0 Å². The van der Waals surface area contributed by atoms with Crippen LogP contribution < -0.4 is 4.90 Å². The fraction of sp³-hybridized carbons (Fsp3) is 0.333. The number of rotatable bonds is 4. The van der Waals surface area contributed by atoms with Gasteiger partial charge in [-0.2, -0.15) is 0 Å². The van der Waals surface area contributed by atoms with E-state index in [-0.39, 0.29) is 0 Å². The highest BCUT2D eigenvalue weighted by molar-refractivity contribution is 7.07.